The third-order valence-corrected chi connectivity index (χ3v) is 5.04. The van der Waals surface area contributed by atoms with Gasteiger partial charge >= 0.3 is 0 Å². The fraction of sp³-hybridized carbons (Fsp3) is 0.450. The van der Waals surface area contributed by atoms with Gasteiger partial charge in [0.15, 0.2) is 5.82 Å². The Kier molecular flexibility index (Phi) is 3.95. The zero-order valence-corrected chi connectivity index (χ0v) is 15.6. The minimum Gasteiger partial charge on any atom is -0.334 e. The summed E-state index contributed by atoms with van der Waals surface area (Å²) in [4.78, 5) is 4.66. The van der Waals surface area contributed by atoms with Gasteiger partial charge in [0.05, 0.1) is 22.5 Å². The van der Waals surface area contributed by atoms with E-state index in [4.69, 9.17) is 15.4 Å². The van der Waals surface area contributed by atoms with Crippen molar-refractivity contribution in [3.05, 3.63) is 48.0 Å². The molecule has 0 atom stereocenters. The summed E-state index contributed by atoms with van der Waals surface area (Å²) in [6, 6.07) is 10.0. The van der Waals surface area contributed by atoms with E-state index in [1.54, 1.807) is 0 Å². The molecular formula is C20H25N5O. The Morgan fingerprint density at radius 3 is 2.46 bits per heavy atom. The summed E-state index contributed by atoms with van der Waals surface area (Å²) in [6.45, 7) is 6.40. The van der Waals surface area contributed by atoms with Crippen LogP contribution < -0.4 is 5.73 Å². The molecule has 2 N–H and O–H groups in total. The largest absolute Gasteiger partial charge is 0.334 e. The van der Waals surface area contributed by atoms with Gasteiger partial charge in [0.1, 0.15) is 0 Å². The van der Waals surface area contributed by atoms with E-state index in [2.05, 4.69) is 30.9 Å². The highest BCUT2D eigenvalue weighted by atomic mass is 16.5. The van der Waals surface area contributed by atoms with E-state index in [1.807, 2.05) is 41.2 Å². The highest BCUT2D eigenvalue weighted by molar-refractivity contribution is 5.58. The molecule has 3 aromatic rings. The summed E-state index contributed by atoms with van der Waals surface area (Å²) in [5.41, 5.74) is 8.65. The summed E-state index contributed by atoms with van der Waals surface area (Å²) in [7, 11) is 0. The van der Waals surface area contributed by atoms with Gasteiger partial charge in [-0.05, 0) is 25.0 Å². The maximum atomic E-state index is 6.49. The Hall–Kier alpha value is -2.47. The SMILES string of the molecule is CC(C)(C)c1nn(-c2ccccc2)cc1-c1nc(C2(N)CCCC2)no1. The number of aromatic nitrogens is 4. The molecule has 6 heteroatoms. The van der Waals surface area contributed by atoms with Crippen molar-refractivity contribution in [2.45, 2.75) is 57.4 Å². The van der Waals surface area contributed by atoms with Crippen molar-refractivity contribution in [1.29, 1.82) is 0 Å². The number of hydrogen-bond acceptors (Lipinski definition) is 5. The van der Waals surface area contributed by atoms with Crippen molar-refractivity contribution in [2.24, 2.45) is 5.73 Å². The third kappa shape index (κ3) is 2.94. The first-order valence-electron chi connectivity index (χ1n) is 9.16. The van der Waals surface area contributed by atoms with E-state index >= 15 is 0 Å². The Balaban J connectivity index is 1.78. The van der Waals surface area contributed by atoms with Crippen LogP contribution in [0.5, 0.6) is 0 Å². The molecule has 0 aliphatic heterocycles. The van der Waals surface area contributed by atoms with Gasteiger partial charge in [-0.25, -0.2) is 4.68 Å². The number of para-hydroxylation sites is 1. The monoisotopic (exact) mass is 351 g/mol. The first kappa shape index (κ1) is 17.0. The van der Waals surface area contributed by atoms with Gasteiger partial charge in [0.2, 0.25) is 0 Å². The van der Waals surface area contributed by atoms with Crippen LogP contribution in [0.3, 0.4) is 0 Å². The van der Waals surface area contributed by atoms with E-state index in [0.29, 0.717) is 11.7 Å². The van der Waals surface area contributed by atoms with Crippen LogP contribution in [0.2, 0.25) is 0 Å². The first-order chi connectivity index (χ1) is 12.4. The normalized spacial score (nSPS) is 16.9. The van der Waals surface area contributed by atoms with E-state index < -0.39 is 5.54 Å². The molecule has 136 valence electrons. The van der Waals surface area contributed by atoms with Gasteiger partial charge in [-0.3, -0.25) is 0 Å². The predicted octanol–water partition coefficient (Wildman–Crippen LogP) is 3.95. The van der Waals surface area contributed by atoms with Crippen LogP contribution in [0.25, 0.3) is 17.1 Å². The van der Waals surface area contributed by atoms with Crippen molar-refractivity contribution in [3.63, 3.8) is 0 Å². The lowest BCUT2D eigenvalue weighted by Crippen LogP contribution is -2.34. The van der Waals surface area contributed by atoms with Crippen LogP contribution in [-0.2, 0) is 11.0 Å². The maximum absolute atomic E-state index is 6.49. The third-order valence-electron chi connectivity index (χ3n) is 5.04. The molecule has 0 spiro atoms. The van der Waals surface area contributed by atoms with Crippen LogP contribution in [0.4, 0.5) is 0 Å². The van der Waals surface area contributed by atoms with Gasteiger partial charge in [-0.15, -0.1) is 0 Å². The van der Waals surface area contributed by atoms with Crippen LogP contribution >= 0.6 is 0 Å². The Morgan fingerprint density at radius 1 is 1.12 bits per heavy atom. The van der Waals surface area contributed by atoms with Gasteiger partial charge in [-0.2, -0.15) is 10.1 Å². The molecule has 0 amide bonds. The topological polar surface area (TPSA) is 82.8 Å². The second kappa shape index (κ2) is 6.06. The highest BCUT2D eigenvalue weighted by Crippen LogP contribution is 2.37. The molecule has 1 saturated carbocycles. The first-order valence-corrected chi connectivity index (χ1v) is 9.16. The highest BCUT2D eigenvalue weighted by Gasteiger charge is 2.37. The summed E-state index contributed by atoms with van der Waals surface area (Å²) < 4.78 is 7.49. The fourth-order valence-corrected chi connectivity index (χ4v) is 3.56. The zero-order valence-electron chi connectivity index (χ0n) is 15.6. The molecule has 0 unspecified atom stereocenters. The summed E-state index contributed by atoms with van der Waals surface area (Å²) in [6.07, 6.45) is 5.99. The molecule has 0 saturated heterocycles. The molecule has 4 rings (SSSR count). The Morgan fingerprint density at radius 2 is 1.81 bits per heavy atom. The smallest absolute Gasteiger partial charge is 0.261 e. The van der Waals surface area contributed by atoms with Crippen molar-refractivity contribution >= 4 is 0 Å². The number of benzene rings is 1. The summed E-state index contributed by atoms with van der Waals surface area (Å²) >= 11 is 0. The second-order valence-corrected chi connectivity index (χ2v) is 8.21. The average molecular weight is 351 g/mol. The van der Waals surface area contributed by atoms with Crippen LogP contribution in [0, 0.1) is 0 Å². The van der Waals surface area contributed by atoms with Crippen molar-refractivity contribution in [1.82, 2.24) is 19.9 Å². The van der Waals surface area contributed by atoms with Crippen molar-refractivity contribution < 1.29 is 4.52 Å². The molecule has 2 aromatic heterocycles. The van der Waals surface area contributed by atoms with Gasteiger partial charge < -0.3 is 10.3 Å². The molecule has 0 radical (unpaired) electrons. The van der Waals surface area contributed by atoms with Crippen LogP contribution in [-0.4, -0.2) is 19.9 Å². The minimum atomic E-state index is -0.459. The van der Waals surface area contributed by atoms with E-state index in [9.17, 15) is 0 Å². The lowest BCUT2D eigenvalue weighted by atomic mass is 9.89. The second-order valence-electron chi connectivity index (χ2n) is 8.21. The van der Waals surface area contributed by atoms with E-state index in [-0.39, 0.29) is 5.41 Å². The maximum Gasteiger partial charge on any atom is 0.261 e. The zero-order chi connectivity index (χ0) is 18.4. The molecule has 1 aliphatic carbocycles. The lowest BCUT2D eigenvalue weighted by Gasteiger charge is -2.18. The minimum absolute atomic E-state index is 0.155. The lowest BCUT2D eigenvalue weighted by molar-refractivity contribution is 0.372. The van der Waals surface area contributed by atoms with Crippen LogP contribution in [0.15, 0.2) is 41.1 Å². The molecule has 1 aromatic carbocycles. The summed E-state index contributed by atoms with van der Waals surface area (Å²) in [5, 5.41) is 9.01. The molecular weight excluding hydrogens is 326 g/mol. The van der Waals surface area contributed by atoms with Crippen molar-refractivity contribution in [3.8, 4) is 17.1 Å². The Bertz CT molecular complexity index is 898. The van der Waals surface area contributed by atoms with Gasteiger partial charge in [0, 0.05) is 11.6 Å². The standard InChI is InChI=1S/C20H25N5O/c1-19(2,3)16-15(13-25(23-16)14-9-5-4-6-10-14)17-22-18(24-26-17)20(21)11-7-8-12-20/h4-6,9-10,13H,7-8,11-12,21H2,1-3H3. The molecule has 0 bridgehead atoms. The molecule has 1 aliphatic rings. The van der Waals surface area contributed by atoms with Gasteiger partial charge in [-0.1, -0.05) is 57.0 Å². The number of nitrogens with two attached hydrogens (primary N) is 1. The van der Waals surface area contributed by atoms with Gasteiger partial charge in [0.25, 0.3) is 5.89 Å². The van der Waals surface area contributed by atoms with Crippen LogP contribution in [0.1, 0.15) is 58.0 Å². The molecule has 26 heavy (non-hydrogen) atoms. The Labute approximate surface area is 153 Å². The number of rotatable bonds is 3. The average Bonchev–Trinajstić information content (AvgIpc) is 3.34. The number of nitrogens with zero attached hydrogens (tertiary/aromatic N) is 4. The van der Waals surface area contributed by atoms with E-state index in [1.165, 1.54) is 0 Å². The quantitative estimate of drug-likeness (QED) is 0.772. The van der Waals surface area contributed by atoms with Crippen molar-refractivity contribution in [2.75, 3.05) is 0 Å². The molecule has 1 fully saturated rings. The molecule has 6 nitrogen and oxygen atoms in total. The fourth-order valence-electron chi connectivity index (χ4n) is 3.56. The number of hydrogen-bond donors (Lipinski definition) is 1. The summed E-state index contributed by atoms with van der Waals surface area (Å²) in [5.74, 6) is 1.10. The molecule has 2 heterocycles. The predicted molar refractivity (Wildman–Crippen MR) is 99.9 cm³/mol. The van der Waals surface area contributed by atoms with E-state index in [0.717, 1.165) is 42.6 Å².